The molecule has 0 unspecified atom stereocenters. The number of nitrogens with one attached hydrogen (secondary N) is 3. The number of pyridine rings is 1. The summed E-state index contributed by atoms with van der Waals surface area (Å²) in [6, 6.07) is 6.67. The molecule has 222 valence electrons. The normalized spacial score (nSPS) is 25.5. The van der Waals surface area contributed by atoms with Crippen molar-refractivity contribution >= 4 is 40.7 Å². The molecular weight excluding hydrogens is 536 g/mol. The lowest BCUT2D eigenvalue weighted by molar-refractivity contribution is -0.157. The first kappa shape index (κ1) is 30.7. The molecule has 11 nitrogen and oxygen atoms in total. The van der Waals surface area contributed by atoms with Crippen LogP contribution in [0, 0.1) is 22.7 Å². The predicted octanol–water partition coefficient (Wildman–Crippen LogP) is 2.90. The molecule has 3 amide bonds. The molecule has 1 saturated heterocycles. The van der Waals surface area contributed by atoms with Gasteiger partial charge in [-0.05, 0) is 64.2 Å². The van der Waals surface area contributed by atoms with E-state index < -0.39 is 47.4 Å². The third-order valence-corrected chi connectivity index (χ3v) is 7.66. The van der Waals surface area contributed by atoms with E-state index in [-0.39, 0.29) is 11.8 Å². The highest BCUT2D eigenvalue weighted by Gasteiger charge is 2.35. The first-order valence-electron chi connectivity index (χ1n) is 14.2. The first-order chi connectivity index (χ1) is 19.8. The summed E-state index contributed by atoms with van der Waals surface area (Å²) in [5.41, 5.74) is 4.07. The number of amides is 3. The van der Waals surface area contributed by atoms with E-state index in [0.717, 1.165) is 5.56 Å². The van der Waals surface area contributed by atoms with Gasteiger partial charge in [0.1, 0.15) is 24.2 Å². The number of nitriles is 1. The molecule has 42 heavy (non-hydrogen) atoms. The quantitative estimate of drug-likeness (QED) is 0.440. The highest BCUT2D eigenvalue weighted by Crippen LogP contribution is 2.27. The number of aromatic nitrogens is 1. The van der Waals surface area contributed by atoms with Gasteiger partial charge in [-0.25, -0.2) is 10.4 Å². The van der Waals surface area contributed by atoms with Gasteiger partial charge in [0.15, 0.2) is 0 Å². The lowest BCUT2D eigenvalue weighted by Crippen LogP contribution is -2.61. The fourth-order valence-corrected chi connectivity index (χ4v) is 4.94. The number of carbonyl (C=O) groups is 4. The van der Waals surface area contributed by atoms with Crippen LogP contribution in [0.1, 0.15) is 77.3 Å². The number of hydrogen-bond acceptors (Lipinski definition) is 8. The van der Waals surface area contributed by atoms with Gasteiger partial charge in [0.2, 0.25) is 11.8 Å². The van der Waals surface area contributed by atoms with Gasteiger partial charge in [-0.3, -0.25) is 24.2 Å². The molecule has 4 rings (SSSR count). The first-order valence-corrected chi connectivity index (χ1v) is 14.2. The number of hydrogen-bond donors (Lipinski definition) is 3. The molecule has 0 saturated carbocycles. The van der Waals surface area contributed by atoms with Crippen LogP contribution in [0.4, 0.5) is 0 Å². The molecule has 1 fully saturated rings. The van der Waals surface area contributed by atoms with Crippen molar-refractivity contribution in [2.24, 2.45) is 11.3 Å². The van der Waals surface area contributed by atoms with Crippen LogP contribution in [0.5, 0.6) is 0 Å². The Kier molecular flexibility index (Phi) is 8.97. The van der Waals surface area contributed by atoms with Crippen molar-refractivity contribution in [3.8, 4) is 6.07 Å². The fraction of sp³-hybridized carbons (Fsp3) is 0.484. The summed E-state index contributed by atoms with van der Waals surface area (Å²) in [5, 5.41) is 17.4. The van der Waals surface area contributed by atoms with Crippen LogP contribution in [-0.4, -0.2) is 58.4 Å². The Labute approximate surface area is 245 Å². The second-order valence-corrected chi connectivity index (χ2v) is 11.9. The van der Waals surface area contributed by atoms with Gasteiger partial charge >= 0.3 is 5.97 Å². The van der Waals surface area contributed by atoms with E-state index >= 15 is 0 Å². The molecule has 1 aromatic carbocycles. The maximum atomic E-state index is 13.3. The Bertz CT molecular complexity index is 1480. The van der Waals surface area contributed by atoms with Gasteiger partial charge in [-0.1, -0.05) is 38.1 Å². The lowest BCUT2D eigenvalue weighted by atomic mass is 9.89. The van der Waals surface area contributed by atoms with Crippen molar-refractivity contribution in [2.45, 2.75) is 78.6 Å². The molecule has 3 N–H and O–H groups in total. The molecule has 3 heterocycles. The van der Waals surface area contributed by atoms with E-state index in [4.69, 9.17) is 9.72 Å². The van der Waals surface area contributed by atoms with Gasteiger partial charge in [-0.2, -0.15) is 5.26 Å². The zero-order valence-electron chi connectivity index (χ0n) is 24.9. The van der Waals surface area contributed by atoms with Gasteiger partial charge < -0.3 is 15.4 Å². The Hall–Kier alpha value is -4.30. The van der Waals surface area contributed by atoms with E-state index in [9.17, 15) is 24.4 Å². The highest BCUT2D eigenvalue weighted by atomic mass is 16.5. The van der Waals surface area contributed by atoms with Crippen LogP contribution in [0.25, 0.3) is 17.0 Å². The minimum atomic E-state index is -0.981. The van der Waals surface area contributed by atoms with Gasteiger partial charge in [0.05, 0.1) is 28.3 Å². The van der Waals surface area contributed by atoms with Crippen LogP contribution < -0.4 is 16.1 Å². The average molecular weight is 575 g/mol. The molecule has 1 aromatic heterocycles. The molecule has 4 atom stereocenters. The number of benzene rings is 1. The smallest absolute Gasteiger partial charge is 0.325 e. The number of fused-ring (bicyclic) bond motifs is 4. The number of esters is 1. The van der Waals surface area contributed by atoms with E-state index in [2.05, 4.69) is 22.1 Å². The van der Waals surface area contributed by atoms with Gasteiger partial charge in [0, 0.05) is 11.9 Å². The van der Waals surface area contributed by atoms with E-state index in [1.807, 2.05) is 19.9 Å². The number of nitrogens with zero attached hydrogens (tertiary/aromatic N) is 3. The number of rotatable bonds is 1. The van der Waals surface area contributed by atoms with Crippen molar-refractivity contribution in [1.29, 1.82) is 5.26 Å². The minimum Gasteiger partial charge on any atom is -0.455 e. The van der Waals surface area contributed by atoms with Crippen LogP contribution in [-0.2, 0) is 23.9 Å². The summed E-state index contributed by atoms with van der Waals surface area (Å²) in [6.45, 7) is 10.7. The van der Waals surface area contributed by atoms with Crippen molar-refractivity contribution in [3.05, 3.63) is 47.2 Å². The molecule has 5 bridgehead atoms. The highest BCUT2D eigenvalue weighted by molar-refractivity contribution is 5.94. The summed E-state index contributed by atoms with van der Waals surface area (Å²) >= 11 is 0. The number of carbonyl (C=O) groups excluding carboxylic acids is 4. The summed E-state index contributed by atoms with van der Waals surface area (Å²) in [6.07, 6.45) is 3.78. The lowest BCUT2D eigenvalue weighted by Gasteiger charge is -2.35. The maximum Gasteiger partial charge on any atom is 0.325 e. The zero-order chi connectivity index (χ0) is 30.8. The van der Waals surface area contributed by atoms with Crippen molar-refractivity contribution in [2.75, 3.05) is 6.54 Å². The summed E-state index contributed by atoms with van der Waals surface area (Å²) < 4.78 is 5.74. The molecule has 0 radical (unpaired) electrons. The summed E-state index contributed by atoms with van der Waals surface area (Å²) in [5.74, 6) is -2.04. The minimum absolute atomic E-state index is 0.248. The Morgan fingerprint density at radius 1 is 1.12 bits per heavy atom. The van der Waals surface area contributed by atoms with E-state index in [0.29, 0.717) is 41.5 Å². The zero-order valence-corrected chi connectivity index (χ0v) is 24.9. The second kappa shape index (κ2) is 12.3. The largest absolute Gasteiger partial charge is 0.455 e. The fourth-order valence-electron chi connectivity index (χ4n) is 4.94. The third kappa shape index (κ3) is 6.60. The molecule has 2 aromatic rings. The Morgan fingerprint density at radius 3 is 2.55 bits per heavy atom. The standard InChI is InChI=1S/C31H38N6O5/c1-17(2)26-27(38)33-18(3)28(39)37-13-7-8-23(36-37)29(40)42-19(4)24-15-21(16-32)22-10-9-20(14-25(22)34-24)11-12-31(5,6)30(41)35-26/h9-12,14-15,17-19,23,26,36H,7-8,13H2,1-6H3,(H,33,38)(H,35,41)/t18-,19+,23-,26-/m0/s1. The topological polar surface area (TPSA) is 154 Å². The van der Waals surface area contributed by atoms with E-state index in [1.54, 1.807) is 58.0 Å². The van der Waals surface area contributed by atoms with Crippen LogP contribution in [0.2, 0.25) is 0 Å². The third-order valence-electron chi connectivity index (χ3n) is 7.66. The van der Waals surface area contributed by atoms with Crippen molar-refractivity contribution in [3.63, 3.8) is 0 Å². The SMILES string of the molecule is CC(C)[C@@H]1NC(=O)C(C)(C)C=Cc2ccc3c(C#N)cc(nc3c2)[C@@H](C)OC(=O)[C@@H]2CCCN(N2)C(=O)[C@H](C)NC1=O. The molecule has 2 aliphatic heterocycles. The van der Waals surface area contributed by atoms with Crippen molar-refractivity contribution < 1.29 is 23.9 Å². The molecular formula is C31H38N6O5. The van der Waals surface area contributed by atoms with Crippen LogP contribution in [0.15, 0.2) is 30.3 Å². The second-order valence-electron chi connectivity index (χ2n) is 11.9. The molecule has 0 aliphatic carbocycles. The number of hydrazine groups is 1. The monoisotopic (exact) mass is 574 g/mol. The number of ether oxygens (including phenoxy) is 1. The van der Waals surface area contributed by atoms with Gasteiger partial charge in [-0.15, -0.1) is 0 Å². The van der Waals surface area contributed by atoms with E-state index in [1.165, 1.54) is 5.01 Å². The molecule has 2 aliphatic rings. The Morgan fingerprint density at radius 2 is 1.86 bits per heavy atom. The maximum absolute atomic E-state index is 13.3. The van der Waals surface area contributed by atoms with Crippen molar-refractivity contribution in [1.82, 2.24) is 26.1 Å². The summed E-state index contributed by atoms with van der Waals surface area (Å²) in [7, 11) is 0. The van der Waals surface area contributed by atoms with Crippen LogP contribution in [0.3, 0.4) is 0 Å². The van der Waals surface area contributed by atoms with Gasteiger partial charge in [0.25, 0.3) is 5.91 Å². The predicted molar refractivity (Wildman–Crippen MR) is 156 cm³/mol. The molecule has 11 heteroatoms. The summed E-state index contributed by atoms with van der Waals surface area (Å²) in [4.78, 5) is 57.6. The Balaban J connectivity index is 1.76. The number of cyclic esters (lactones) is 1. The molecule has 0 spiro atoms. The van der Waals surface area contributed by atoms with Crippen LogP contribution >= 0.6 is 0 Å². The average Bonchev–Trinajstić information content (AvgIpc) is 2.96.